The van der Waals surface area contributed by atoms with Gasteiger partial charge in [0.2, 0.25) is 5.89 Å². The van der Waals surface area contributed by atoms with Crippen molar-refractivity contribution >= 4 is 75.3 Å². The minimum absolute atomic E-state index is 0.574. The van der Waals surface area contributed by atoms with E-state index in [-0.39, 0.29) is 0 Å². The fourth-order valence-electron chi connectivity index (χ4n) is 8.06. The standard InChI is InChI=1S/C50H28N4O2S/c1-3-10-30(11-4-1)47-52-48(31-20-18-29(19-21-31)33-22-23-36-35-14-7-8-17-42(35)57-43(36)28-33)54-49(53-47)38-16-9-15-37-34(38)24-25-39-44(37)45-40(55-39)26-27-41-46(45)51-50(56-41)32-12-5-2-6-13-32/h1-28H. The Morgan fingerprint density at radius 3 is 1.77 bits per heavy atom. The lowest BCUT2D eigenvalue weighted by atomic mass is 9.99. The Morgan fingerprint density at radius 2 is 0.947 bits per heavy atom. The smallest absolute Gasteiger partial charge is 0.227 e. The Kier molecular flexibility index (Phi) is 7.00. The highest BCUT2D eigenvalue weighted by molar-refractivity contribution is 7.25. The van der Waals surface area contributed by atoms with E-state index in [0.717, 1.165) is 66.0 Å². The van der Waals surface area contributed by atoms with E-state index in [0.29, 0.717) is 28.9 Å². The molecule has 12 aromatic rings. The third kappa shape index (κ3) is 5.17. The number of hydrogen-bond acceptors (Lipinski definition) is 7. The quantitative estimate of drug-likeness (QED) is 0.174. The molecule has 0 unspecified atom stereocenters. The predicted molar refractivity (Wildman–Crippen MR) is 232 cm³/mol. The maximum atomic E-state index is 6.44. The molecule has 0 aliphatic rings. The van der Waals surface area contributed by atoms with Gasteiger partial charge in [-0.25, -0.2) is 19.9 Å². The number of furan rings is 1. The van der Waals surface area contributed by atoms with E-state index in [1.54, 1.807) is 0 Å². The molecule has 12 rings (SSSR count). The van der Waals surface area contributed by atoms with Crippen molar-refractivity contribution in [3.05, 3.63) is 170 Å². The van der Waals surface area contributed by atoms with E-state index in [1.807, 2.05) is 90.2 Å². The first-order valence-electron chi connectivity index (χ1n) is 18.8. The number of fused-ring (bicyclic) bond motifs is 10. The summed E-state index contributed by atoms with van der Waals surface area (Å²) in [5.74, 6) is 2.38. The molecule has 0 spiro atoms. The second-order valence-electron chi connectivity index (χ2n) is 14.2. The van der Waals surface area contributed by atoms with Gasteiger partial charge < -0.3 is 8.83 Å². The Labute approximate surface area is 329 Å². The number of aromatic nitrogens is 4. The zero-order valence-corrected chi connectivity index (χ0v) is 31.0. The molecule has 0 saturated heterocycles. The summed E-state index contributed by atoms with van der Waals surface area (Å²) < 4.78 is 15.3. The SMILES string of the molecule is c1ccc(-c2nc(-c3ccc(-c4ccc5c(c4)sc4ccccc45)cc3)nc(-c3cccc4c3ccc3oc5ccc6oc(-c7ccccc7)nc6c5c34)n2)cc1. The molecule has 4 heterocycles. The molecule has 0 atom stereocenters. The average Bonchev–Trinajstić information content (AvgIpc) is 4.00. The van der Waals surface area contributed by atoms with Crippen LogP contribution in [-0.2, 0) is 0 Å². The maximum absolute atomic E-state index is 6.44. The number of oxazole rings is 1. The van der Waals surface area contributed by atoms with Crippen molar-refractivity contribution in [2.24, 2.45) is 0 Å². The van der Waals surface area contributed by atoms with Crippen molar-refractivity contribution in [2.75, 3.05) is 0 Å². The number of hydrogen-bond donors (Lipinski definition) is 0. The highest BCUT2D eigenvalue weighted by Gasteiger charge is 2.21. The third-order valence-corrected chi connectivity index (χ3v) is 11.9. The summed E-state index contributed by atoms with van der Waals surface area (Å²) in [5, 5.41) is 6.51. The topological polar surface area (TPSA) is 77.8 Å². The summed E-state index contributed by atoms with van der Waals surface area (Å²) in [6.07, 6.45) is 0. The van der Waals surface area contributed by atoms with Crippen LogP contribution in [-0.4, -0.2) is 19.9 Å². The van der Waals surface area contributed by atoms with Crippen LogP contribution in [0.3, 0.4) is 0 Å². The van der Waals surface area contributed by atoms with Gasteiger partial charge in [-0.05, 0) is 70.4 Å². The average molecular weight is 749 g/mol. The van der Waals surface area contributed by atoms with Crippen LogP contribution >= 0.6 is 11.3 Å². The van der Waals surface area contributed by atoms with Crippen molar-refractivity contribution in [1.29, 1.82) is 0 Å². The fourth-order valence-corrected chi connectivity index (χ4v) is 9.20. The first kappa shape index (κ1) is 31.8. The molecule has 0 amide bonds. The Morgan fingerprint density at radius 1 is 0.351 bits per heavy atom. The third-order valence-electron chi connectivity index (χ3n) is 10.8. The van der Waals surface area contributed by atoms with Crippen LogP contribution in [0.15, 0.2) is 179 Å². The number of nitrogens with zero attached hydrogens (tertiary/aromatic N) is 4. The van der Waals surface area contributed by atoms with E-state index < -0.39 is 0 Å². The molecule has 0 aliphatic heterocycles. The molecule has 0 N–H and O–H groups in total. The van der Waals surface area contributed by atoms with Crippen LogP contribution in [0.5, 0.6) is 0 Å². The van der Waals surface area contributed by atoms with Gasteiger partial charge in [-0.3, -0.25) is 0 Å². The zero-order valence-electron chi connectivity index (χ0n) is 30.2. The molecule has 0 saturated carbocycles. The number of benzene rings is 8. The van der Waals surface area contributed by atoms with Crippen LogP contribution in [0.2, 0.25) is 0 Å². The Balaban J connectivity index is 1.00. The lowest BCUT2D eigenvalue weighted by Gasteiger charge is -2.11. The van der Waals surface area contributed by atoms with Gasteiger partial charge in [0.15, 0.2) is 23.1 Å². The Hall–Kier alpha value is -7.48. The maximum Gasteiger partial charge on any atom is 0.227 e. The van der Waals surface area contributed by atoms with E-state index in [4.69, 9.17) is 28.8 Å². The fraction of sp³-hybridized carbons (Fsp3) is 0. The molecular formula is C50H28N4O2S. The van der Waals surface area contributed by atoms with Gasteiger partial charge in [0.1, 0.15) is 16.7 Å². The highest BCUT2D eigenvalue weighted by Crippen LogP contribution is 2.42. The summed E-state index contributed by atoms with van der Waals surface area (Å²) in [4.78, 5) is 20.3. The van der Waals surface area contributed by atoms with Gasteiger partial charge in [-0.1, -0.05) is 121 Å². The van der Waals surface area contributed by atoms with Crippen LogP contribution in [0.1, 0.15) is 0 Å². The van der Waals surface area contributed by atoms with Crippen molar-refractivity contribution in [3.63, 3.8) is 0 Å². The molecule has 0 aliphatic carbocycles. The lowest BCUT2D eigenvalue weighted by molar-refractivity contribution is 0.619. The first-order chi connectivity index (χ1) is 28.2. The van der Waals surface area contributed by atoms with E-state index >= 15 is 0 Å². The molecule has 57 heavy (non-hydrogen) atoms. The summed E-state index contributed by atoms with van der Waals surface area (Å²) in [6, 6.07) is 58.2. The first-order valence-corrected chi connectivity index (χ1v) is 19.6. The Bertz CT molecular complexity index is 3520. The monoisotopic (exact) mass is 748 g/mol. The van der Waals surface area contributed by atoms with Crippen molar-refractivity contribution < 1.29 is 8.83 Å². The minimum Gasteiger partial charge on any atom is -0.456 e. The molecule has 8 aromatic carbocycles. The van der Waals surface area contributed by atoms with Crippen molar-refractivity contribution in [1.82, 2.24) is 19.9 Å². The second kappa shape index (κ2) is 12.5. The van der Waals surface area contributed by atoms with E-state index in [1.165, 1.54) is 25.7 Å². The zero-order chi connectivity index (χ0) is 37.5. The van der Waals surface area contributed by atoms with Gasteiger partial charge >= 0.3 is 0 Å². The van der Waals surface area contributed by atoms with Crippen LogP contribution in [0, 0.1) is 0 Å². The molecule has 0 fully saturated rings. The number of rotatable bonds is 5. The highest BCUT2D eigenvalue weighted by atomic mass is 32.1. The van der Waals surface area contributed by atoms with Gasteiger partial charge in [0.05, 0.1) is 5.39 Å². The van der Waals surface area contributed by atoms with E-state index in [9.17, 15) is 0 Å². The van der Waals surface area contributed by atoms with Gasteiger partial charge in [0.25, 0.3) is 0 Å². The molecule has 0 bridgehead atoms. The number of thiophene rings is 1. The normalized spacial score (nSPS) is 11.9. The van der Waals surface area contributed by atoms with Crippen molar-refractivity contribution in [2.45, 2.75) is 0 Å². The molecule has 0 radical (unpaired) electrons. The summed E-state index contributed by atoms with van der Waals surface area (Å²) in [6.45, 7) is 0. The largest absolute Gasteiger partial charge is 0.456 e. The second-order valence-corrected chi connectivity index (χ2v) is 15.3. The minimum atomic E-state index is 0.574. The molecule has 4 aromatic heterocycles. The van der Waals surface area contributed by atoms with Crippen LogP contribution < -0.4 is 0 Å². The van der Waals surface area contributed by atoms with Gasteiger partial charge in [0, 0.05) is 47.8 Å². The lowest BCUT2D eigenvalue weighted by Crippen LogP contribution is -2.00. The molecule has 6 nitrogen and oxygen atoms in total. The van der Waals surface area contributed by atoms with Gasteiger partial charge in [-0.15, -0.1) is 11.3 Å². The van der Waals surface area contributed by atoms with Crippen LogP contribution in [0.4, 0.5) is 0 Å². The van der Waals surface area contributed by atoms with Crippen molar-refractivity contribution in [3.8, 4) is 56.7 Å². The summed E-state index contributed by atoms with van der Waals surface area (Å²) in [7, 11) is 0. The summed E-state index contributed by atoms with van der Waals surface area (Å²) in [5.41, 5.74) is 8.97. The van der Waals surface area contributed by atoms with Gasteiger partial charge in [-0.2, -0.15) is 0 Å². The van der Waals surface area contributed by atoms with Crippen LogP contribution in [0.25, 0.3) is 121 Å². The summed E-state index contributed by atoms with van der Waals surface area (Å²) >= 11 is 1.83. The molecule has 7 heteroatoms. The van der Waals surface area contributed by atoms with E-state index in [2.05, 4.69) is 91.0 Å². The molecule has 266 valence electrons. The predicted octanol–water partition coefficient (Wildman–Crippen LogP) is 13.8. The molecular weight excluding hydrogens is 721 g/mol.